The quantitative estimate of drug-likeness (QED) is 0.880. The number of amides is 2. The third-order valence-electron chi connectivity index (χ3n) is 4.89. The molecule has 2 fully saturated rings. The molecule has 1 saturated carbocycles. The lowest BCUT2D eigenvalue weighted by Gasteiger charge is -2.38. The highest BCUT2D eigenvalue weighted by Gasteiger charge is 2.39. The van der Waals surface area contributed by atoms with Crippen LogP contribution in [-0.2, 0) is 14.3 Å². The van der Waals surface area contributed by atoms with Crippen LogP contribution in [0.2, 0.25) is 5.02 Å². The van der Waals surface area contributed by atoms with Crippen molar-refractivity contribution in [1.29, 1.82) is 0 Å². The fraction of sp³-hybridized carbons (Fsp3) is 0.556. The molecule has 1 aliphatic heterocycles. The summed E-state index contributed by atoms with van der Waals surface area (Å²) in [5, 5.41) is 6.49. The molecule has 1 saturated heterocycles. The van der Waals surface area contributed by atoms with Gasteiger partial charge in [-0.1, -0.05) is 49.1 Å². The van der Waals surface area contributed by atoms with E-state index in [1.54, 1.807) is 6.07 Å². The molecule has 3 rings (SSSR count). The Bertz CT molecular complexity index is 628. The zero-order valence-electron chi connectivity index (χ0n) is 13.8. The molecular formula is C18H23ClN2O3. The Hall–Kier alpha value is -1.59. The number of nitrogens with one attached hydrogen (secondary N) is 2. The number of carbonyl (C=O) groups is 2. The Morgan fingerprint density at radius 3 is 2.71 bits per heavy atom. The fourth-order valence-corrected chi connectivity index (χ4v) is 3.83. The smallest absolute Gasteiger partial charge is 0.252 e. The van der Waals surface area contributed by atoms with Crippen molar-refractivity contribution in [3.8, 4) is 0 Å². The zero-order chi connectivity index (χ0) is 17.2. The highest BCUT2D eigenvalue weighted by atomic mass is 35.5. The van der Waals surface area contributed by atoms with Gasteiger partial charge in [-0.15, -0.1) is 0 Å². The summed E-state index contributed by atoms with van der Waals surface area (Å²) in [5.74, 6) is -0.433. The summed E-state index contributed by atoms with van der Waals surface area (Å²) in [4.78, 5) is 24.6. The first-order valence-electron chi connectivity index (χ1n) is 8.46. The van der Waals surface area contributed by atoms with E-state index in [4.69, 9.17) is 16.3 Å². The third-order valence-corrected chi connectivity index (χ3v) is 5.24. The minimum atomic E-state index is -0.777. The lowest BCUT2D eigenvalue weighted by atomic mass is 9.83. The second kappa shape index (κ2) is 7.11. The van der Waals surface area contributed by atoms with E-state index in [0.29, 0.717) is 10.6 Å². The normalized spacial score (nSPS) is 26.5. The van der Waals surface area contributed by atoms with Crippen molar-refractivity contribution in [1.82, 2.24) is 10.6 Å². The van der Waals surface area contributed by atoms with Gasteiger partial charge in [-0.25, -0.2) is 0 Å². The molecule has 130 valence electrons. The third kappa shape index (κ3) is 3.73. The summed E-state index contributed by atoms with van der Waals surface area (Å²) in [5.41, 5.74) is 0.492. The van der Waals surface area contributed by atoms with Crippen molar-refractivity contribution in [2.45, 2.75) is 56.7 Å². The van der Waals surface area contributed by atoms with Crippen molar-refractivity contribution >= 4 is 23.4 Å². The van der Waals surface area contributed by atoms with Gasteiger partial charge in [0.2, 0.25) is 5.91 Å². The van der Waals surface area contributed by atoms with Crippen molar-refractivity contribution < 1.29 is 14.3 Å². The van der Waals surface area contributed by atoms with E-state index in [1.165, 1.54) is 6.42 Å². The molecule has 0 radical (unpaired) electrons. The molecule has 2 amide bonds. The van der Waals surface area contributed by atoms with Gasteiger partial charge in [0.05, 0.1) is 6.04 Å². The number of rotatable bonds is 3. The summed E-state index contributed by atoms with van der Waals surface area (Å²) in [7, 11) is 0. The predicted octanol–water partition coefficient (Wildman–Crippen LogP) is 2.74. The molecule has 6 heteroatoms. The summed E-state index contributed by atoms with van der Waals surface area (Å²) < 4.78 is 5.58. The lowest BCUT2D eigenvalue weighted by molar-refractivity contribution is -0.149. The van der Waals surface area contributed by atoms with Crippen LogP contribution in [0.25, 0.3) is 0 Å². The molecule has 0 bridgehead atoms. The van der Waals surface area contributed by atoms with Gasteiger partial charge < -0.3 is 15.4 Å². The van der Waals surface area contributed by atoms with Gasteiger partial charge >= 0.3 is 0 Å². The van der Waals surface area contributed by atoms with Gasteiger partial charge in [-0.3, -0.25) is 9.59 Å². The highest BCUT2D eigenvalue weighted by molar-refractivity contribution is 6.31. The van der Waals surface area contributed by atoms with Gasteiger partial charge in [-0.05, 0) is 31.4 Å². The van der Waals surface area contributed by atoms with Crippen LogP contribution >= 0.6 is 11.6 Å². The Kier molecular flexibility index (Phi) is 5.11. The van der Waals surface area contributed by atoms with Gasteiger partial charge in [0.15, 0.2) is 6.10 Å². The first-order valence-corrected chi connectivity index (χ1v) is 8.84. The van der Waals surface area contributed by atoms with Crippen LogP contribution in [-0.4, -0.2) is 30.1 Å². The maximum Gasteiger partial charge on any atom is 0.252 e. The Morgan fingerprint density at radius 2 is 2.00 bits per heavy atom. The summed E-state index contributed by atoms with van der Waals surface area (Å²) in [6, 6.07) is 6.63. The minimum Gasteiger partial charge on any atom is -0.356 e. The number of ether oxygens (including phenoxy) is 1. The Balaban J connectivity index is 1.80. The van der Waals surface area contributed by atoms with Crippen LogP contribution in [0, 0.1) is 0 Å². The second-order valence-electron chi connectivity index (χ2n) is 6.91. The van der Waals surface area contributed by atoms with Crippen LogP contribution in [0.5, 0.6) is 0 Å². The van der Waals surface area contributed by atoms with Crippen LogP contribution in [0.3, 0.4) is 0 Å². The van der Waals surface area contributed by atoms with E-state index >= 15 is 0 Å². The first-order chi connectivity index (χ1) is 11.5. The van der Waals surface area contributed by atoms with E-state index in [9.17, 15) is 9.59 Å². The molecule has 0 unspecified atom stereocenters. The maximum atomic E-state index is 12.8. The second-order valence-corrected chi connectivity index (χ2v) is 7.32. The van der Waals surface area contributed by atoms with Gasteiger partial charge in [-0.2, -0.15) is 0 Å². The standard InChI is InChI=1S/C18H23ClN2O3/c1-18(9-5-2-6-10-18)21-17(23)16-15(20-14(22)11-24-16)12-7-3-4-8-13(12)19/h3-4,7-8,15-16H,2,5-6,9-11H2,1H3,(H,20,22)(H,21,23)/t15-,16+/m1/s1. The summed E-state index contributed by atoms with van der Waals surface area (Å²) >= 11 is 6.26. The van der Waals surface area contributed by atoms with Crippen molar-refractivity contribution in [3.63, 3.8) is 0 Å². The molecule has 2 aliphatic rings. The average molecular weight is 351 g/mol. The molecule has 24 heavy (non-hydrogen) atoms. The predicted molar refractivity (Wildman–Crippen MR) is 91.7 cm³/mol. The van der Waals surface area contributed by atoms with Gasteiger partial charge in [0, 0.05) is 10.6 Å². The van der Waals surface area contributed by atoms with Gasteiger partial charge in [0.1, 0.15) is 6.61 Å². The van der Waals surface area contributed by atoms with E-state index in [2.05, 4.69) is 17.6 Å². The topological polar surface area (TPSA) is 67.4 Å². The van der Waals surface area contributed by atoms with E-state index < -0.39 is 12.1 Å². The molecule has 1 aliphatic carbocycles. The minimum absolute atomic E-state index is 0.115. The fourth-order valence-electron chi connectivity index (χ4n) is 3.57. The molecule has 5 nitrogen and oxygen atoms in total. The average Bonchev–Trinajstić information content (AvgIpc) is 2.55. The Labute approximate surface area is 147 Å². The number of halogens is 1. The monoisotopic (exact) mass is 350 g/mol. The number of carbonyl (C=O) groups excluding carboxylic acids is 2. The van der Waals surface area contributed by atoms with Crippen LogP contribution < -0.4 is 10.6 Å². The molecule has 1 aromatic carbocycles. The first kappa shape index (κ1) is 17.2. The number of benzene rings is 1. The SMILES string of the molecule is CC1(NC(=O)[C@H]2OCC(=O)N[C@@H]2c2ccccc2Cl)CCCCC1. The molecule has 2 atom stereocenters. The maximum absolute atomic E-state index is 12.8. The Morgan fingerprint density at radius 1 is 1.29 bits per heavy atom. The van der Waals surface area contributed by atoms with Crippen molar-refractivity contribution in [2.75, 3.05) is 6.61 Å². The van der Waals surface area contributed by atoms with E-state index in [0.717, 1.165) is 25.7 Å². The number of morpholine rings is 1. The van der Waals surface area contributed by atoms with Gasteiger partial charge in [0.25, 0.3) is 5.91 Å². The molecule has 0 aromatic heterocycles. The molecule has 1 heterocycles. The molecule has 1 aromatic rings. The number of hydrogen-bond acceptors (Lipinski definition) is 3. The summed E-state index contributed by atoms with van der Waals surface area (Å²) in [6.07, 6.45) is 4.61. The van der Waals surface area contributed by atoms with Crippen molar-refractivity contribution in [3.05, 3.63) is 34.9 Å². The largest absolute Gasteiger partial charge is 0.356 e. The van der Waals surface area contributed by atoms with Crippen molar-refractivity contribution in [2.24, 2.45) is 0 Å². The lowest BCUT2D eigenvalue weighted by Crippen LogP contribution is -2.57. The molecule has 2 N–H and O–H groups in total. The van der Waals surface area contributed by atoms with E-state index in [1.807, 2.05) is 18.2 Å². The molecule has 0 spiro atoms. The van der Waals surface area contributed by atoms with Crippen LogP contribution in [0.15, 0.2) is 24.3 Å². The molecular weight excluding hydrogens is 328 g/mol. The highest BCUT2D eigenvalue weighted by Crippen LogP contribution is 2.31. The number of hydrogen-bond donors (Lipinski definition) is 2. The zero-order valence-corrected chi connectivity index (χ0v) is 14.6. The van der Waals surface area contributed by atoms with Crippen LogP contribution in [0.1, 0.15) is 50.6 Å². The summed E-state index contributed by atoms with van der Waals surface area (Å²) in [6.45, 7) is 1.96. The van der Waals surface area contributed by atoms with E-state index in [-0.39, 0.29) is 24.0 Å². The van der Waals surface area contributed by atoms with Crippen LogP contribution in [0.4, 0.5) is 0 Å².